The number of rotatable bonds is 4. The third kappa shape index (κ3) is 4.38. The molecule has 0 saturated carbocycles. The monoisotopic (exact) mass is 271 g/mol. The summed E-state index contributed by atoms with van der Waals surface area (Å²) in [5, 5.41) is 8.90. The Morgan fingerprint density at radius 2 is 2.00 bits per heavy atom. The van der Waals surface area contributed by atoms with Crippen molar-refractivity contribution < 1.29 is 14.7 Å². The molecule has 0 radical (unpaired) electrons. The maximum Gasteiger partial charge on any atom is 0.323 e. The molecule has 6 heteroatoms. The van der Waals surface area contributed by atoms with Gasteiger partial charge in [0.2, 0.25) is 0 Å². The Morgan fingerprint density at radius 3 is 2.47 bits per heavy atom. The lowest BCUT2D eigenvalue weighted by Gasteiger charge is -2.39. The Bertz CT molecular complexity index is 331. The number of piperidine rings is 1. The predicted octanol–water partition coefficient (Wildman–Crippen LogP) is 0.927. The first kappa shape index (κ1) is 15.8. The van der Waals surface area contributed by atoms with Gasteiger partial charge >= 0.3 is 12.0 Å². The lowest BCUT2D eigenvalue weighted by atomic mass is 10.1. The Labute approximate surface area is 115 Å². The van der Waals surface area contributed by atoms with Crippen LogP contribution in [0.15, 0.2) is 0 Å². The fourth-order valence-corrected chi connectivity index (χ4v) is 2.35. The van der Waals surface area contributed by atoms with Crippen LogP contribution >= 0.6 is 0 Å². The van der Waals surface area contributed by atoms with Crippen LogP contribution in [-0.2, 0) is 4.79 Å². The molecule has 1 fully saturated rings. The molecule has 2 amide bonds. The van der Waals surface area contributed by atoms with E-state index in [0.717, 1.165) is 12.8 Å². The molecule has 0 aliphatic carbocycles. The highest BCUT2D eigenvalue weighted by Gasteiger charge is 2.29. The van der Waals surface area contributed by atoms with Crippen LogP contribution in [-0.4, -0.2) is 77.6 Å². The van der Waals surface area contributed by atoms with Gasteiger partial charge in [-0.2, -0.15) is 0 Å². The summed E-state index contributed by atoms with van der Waals surface area (Å²) in [6, 6.07) is 0.0869. The molecular formula is C13H25N3O3. The van der Waals surface area contributed by atoms with Gasteiger partial charge in [0, 0.05) is 25.2 Å². The molecule has 0 aromatic rings. The Morgan fingerprint density at radius 1 is 1.37 bits per heavy atom. The maximum absolute atomic E-state index is 12.4. The molecule has 0 aromatic heterocycles. The SMILES string of the molecule is CC(C)N(CC(=O)O)C(=O)N1CCCC(N(C)C)C1. The molecule has 1 N–H and O–H groups in total. The van der Waals surface area contributed by atoms with Crippen molar-refractivity contribution in [3.05, 3.63) is 0 Å². The number of carbonyl (C=O) groups is 2. The fraction of sp³-hybridized carbons (Fsp3) is 0.846. The molecular weight excluding hydrogens is 246 g/mol. The number of likely N-dealkylation sites (N-methyl/N-ethyl adjacent to an activating group) is 1. The zero-order valence-electron chi connectivity index (χ0n) is 12.3. The van der Waals surface area contributed by atoms with Crippen LogP contribution in [0.25, 0.3) is 0 Å². The largest absolute Gasteiger partial charge is 0.480 e. The number of aliphatic carboxylic acids is 1. The van der Waals surface area contributed by atoms with Gasteiger partial charge in [0.25, 0.3) is 0 Å². The van der Waals surface area contributed by atoms with Crippen molar-refractivity contribution in [2.45, 2.75) is 38.8 Å². The van der Waals surface area contributed by atoms with Crippen LogP contribution in [0.3, 0.4) is 0 Å². The average Bonchev–Trinajstić information content (AvgIpc) is 2.34. The Balaban J connectivity index is 2.70. The summed E-state index contributed by atoms with van der Waals surface area (Å²) in [6.07, 6.45) is 2.05. The molecule has 1 heterocycles. The molecule has 0 bridgehead atoms. The molecule has 1 saturated heterocycles. The first-order valence-electron chi connectivity index (χ1n) is 6.76. The van der Waals surface area contributed by atoms with Gasteiger partial charge in [-0.15, -0.1) is 0 Å². The van der Waals surface area contributed by atoms with Gasteiger partial charge in [0.1, 0.15) is 6.54 Å². The summed E-state index contributed by atoms with van der Waals surface area (Å²) < 4.78 is 0. The number of nitrogens with zero attached hydrogens (tertiary/aromatic N) is 3. The van der Waals surface area contributed by atoms with E-state index in [0.29, 0.717) is 19.1 Å². The minimum absolute atomic E-state index is 0.108. The standard InChI is InChI=1S/C13H25N3O3/c1-10(2)16(9-12(17)18)13(19)15-7-5-6-11(8-15)14(3)4/h10-11H,5-9H2,1-4H3,(H,17,18). The number of carboxylic acids is 1. The minimum Gasteiger partial charge on any atom is -0.480 e. The highest BCUT2D eigenvalue weighted by Crippen LogP contribution is 2.16. The summed E-state index contributed by atoms with van der Waals surface area (Å²) >= 11 is 0. The number of hydrogen-bond acceptors (Lipinski definition) is 3. The number of hydrogen-bond donors (Lipinski definition) is 1. The second-order valence-electron chi connectivity index (χ2n) is 5.60. The van der Waals surface area contributed by atoms with E-state index in [1.54, 1.807) is 4.90 Å². The van der Waals surface area contributed by atoms with Crippen molar-refractivity contribution >= 4 is 12.0 Å². The quantitative estimate of drug-likeness (QED) is 0.826. The van der Waals surface area contributed by atoms with Gasteiger partial charge < -0.3 is 19.8 Å². The van der Waals surface area contributed by atoms with Crippen molar-refractivity contribution in [3.63, 3.8) is 0 Å². The van der Waals surface area contributed by atoms with Crippen LogP contribution in [0, 0.1) is 0 Å². The number of carbonyl (C=O) groups excluding carboxylic acids is 1. The van der Waals surface area contributed by atoms with E-state index in [-0.39, 0.29) is 18.6 Å². The molecule has 1 unspecified atom stereocenters. The van der Waals surface area contributed by atoms with Gasteiger partial charge in [-0.25, -0.2) is 4.79 Å². The molecule has 1 atom stereocenters. The smallest absolute Gasteiger partial charge is 0.323 e. The lowest BCUT2D eigenvalue weighted by Crippen LogP contribution is -2.54. The van der Waals surface area contributed by atoms with E-state index in [1.807, 2.05) is 27.9 Å². The Hall–Kier alpha value is -1.30. The third-order valence-corrected chi connectivity index (χ3v) is 3.57. The second kappa shape index (κ2) is 6.75. The zero-order chi connectivity index (χ0) is 14.6. The van der Waals surface area contributed by atoms with E-state index in [1.165, 1.54) is 4.90 Å². The molecule has 110 valence electrons. The predicted molar refractivity (Wildman–Crippen MR) is 73.2 cm³/mol. The number of likely N-dealkylation sites (tertiary alicyclic amines) is 1. The van der Waals surface area contributed by atoms with Gasteiger partial charge in [0.15, 0.2) is 0 Å². The summed E-state index contributed by atoms with van der Waals surface area (Å²) in [4.78, 5) is 28.6. The Kier molecular flexibility index (Phi) is 5.60. The van der Waals surface area contributed by atoms with Crippen molar-refractivity contribution in [3.8, 4) is 0 Å². The second-order valence-corrected chi connectivity index (χ2v) is 5.60. The zero-order valence-corrected chi connectivity index (χ0v) is 12.3. The van der Waals surface area contributed by atoms with Crippen molar-refractivity contribution in [2.75, 3.05) is 33.7 Å². The molecule has 6 nitrogen and oxygen atoms in total. The number of amides is 2. The molecule has 1 aliphatic rings. The van der Waals surface area contributed by atoms with Crippen LogP contribution in [0.1, 0.15) is 26.7 Å². The number of urea groups is 1. The summed E-state index contributed by atoms with van der Waals surface area (Å²) in [6.45, 7) is 4.84. The van der Waals surface area contributed by atoms with Crippen LogP contribution in [0.5, 0.6) is 0 Å². The molecule has 0 spiro atoms. The van der Waals surface area contributed by atoms with E-state index in [2.05, 4.69) is 4.90 Å². The van der Waals surface area contributed by atoms with Gasteiger partial charge in [-0.3, -0.25) is 4.79 Å². The first-order valence-corrected chi connectivity index (χ1v) is 6.76. The normalized spacial score (nSPS) is 19.9. The van der Waals surface area contributed by atoms with Crippen LogP contribution < -0.4 is 0 Å². The fourth-order valence-electron chi connectivity index (χ4n) is 2.35. The topological polar surface area (TPSA) is 64.1 Å². The van der Waals surface area contributed by atoms with Gasteiger partial charge in [0.05, 0.1) is 0 Å². The maximum atomic E-state index is 12.4. The van der Waals surface area contributed by atoms with Crippen molar-refractivity contribution in [1.82, 2.24) is 14.7 Å². The van der Waals surface area contributed by atoms with Crippen molar-refractivity contribution in [2.24, 2.45) is 0 Å². The average molecular weight is 271 g/mol. The first-order chi connectivity index (χ1) is 8.82. The highest BCUT2D eigenvalue weighted by molar-refractivity contribution is 5.80. The third-order valence-electron chi connectivity index (χ3n) is 3.57. The van der Waals surface area contributed by atoms with E-state index < -0.39 is 5.97 Å². The summed E-state index contributed by atoms with van der Waals surface area (Å²) in [5.41, 5.74) is 0. The molecule has 1 aliphatic heterocycles. The number of carboxylic acid groups (broad SMARTS) is 1. The molecule has 0 aromatic carbocycles. The molecule has 1 rings (SSSR count). The van der Waals surface area contributed by atoms with E-state index in [9.17, 15) is 9.59 Å². The lowest BCUT2D eigenvalue weighted by molar-refractivity contribution is -0.138. The van der Waals surface area contributed by atoms with Crippen molar-refractivity contribution in [1.29, 1.82) is 0 Å². The summed E-state index contributed by atoms with van der Waals surface area (Å²) in [5.74, 6) is -0.969. The van der Waals surface area contributed by atoms with Crippen LogP contribution in [0.4, 0.5) is 4.79 Å². The van der Waals surface area contributed by atoms with Gasteiger partial charge in [-0.1, -0.05) is 0 Å². The van der Waals surface area contributed by atoms with Crippen LogP contribution in [0.2, 0.25) is 0 Å². The highest BCUT2D eigenvalue weighted by atomic mass is 16.4. The minimum atomic E-state index is -0.969. The van der Waals surface area contributed by atoms with E-state index in [4.69, 9.17) is 5.11 Å². The van der Waals surface area contributed by atoms with Gasteiger partial charge in [-0.05, 0) is 40.8 Å². The summed E-state index contributed by atoms with van der Waals surface area (Å²) in [7, 11) is 4.02. The van der Waals surface area contributed by atoms with E-state index >= 15 is 0 Å². The molecule has 19 heavy (non-hydrogen) atoms.